The molecule has 0 bridgehead atoms. The van der Waals surface area contributed by atoms with Gasteiger partial charge in [-0.15, -0.1) is 0 Å². The Morgan fingerprint density at radius 3 is 2.08 bits per heavy atom. The van der Waals surface area contributed by atoms with Crippen molar-refractivity contribution in [3.63, 3.8) is 0 Å². The van der Waals surface area contributed by atoms with E-state index in [-0.39, 0.29) is 6.10 Å². The van der Waals surface area contributed by atoms with Crippen molar-refractivity contribution >= 4 is 7.82 Å². The summed E-state index contributed by atoms with van der Waals surface area (Å²) in [5.74, 6) is 0. The van der Waals surface area contributed by atoms with Crippen LogP contribution >= 0.6 is 7.82 Å². The van der Waals surface area contributed by atoms with E-state index in [0.717, 1.165) is 12.8 Å². The third-order valence-electron chi connectivity index (χ3n) is 1.38. The lowest BCUT2D eigenvalue weighted by molar-refractivity contribution is 0.116. The number of hydrogen-bond donors (Lipinski definition) is 0. The highest BCUT2D eigenvalue weighted by Gasteiger charge is 2.35. The Balaban J connectivity index is 2.38. The van der Waals surface area contributed by atoms with Gasteiger partial charge in [0.2, 0.25) is 0 Å². The summed E-state index contributed by atoms with van der Waals surface area (Å²) in [6.07, 6.45) is 2.02. The molecule has 0 N–H and O–H groups in total. The molecule has 0 aliphatic heterocycles. The van der Waals surface area contributed by atoms with Crippen molar-refractivity contribution in [2.24, 2.45) is 0 Å². The van der Waals surface area contributed by atoms with Crippen molar-refractivity contribution in [1.29, 1.82) is 0 Å². The molecule has 1 aliphatic rings. The van der Waals surface area contributed by atoms with E-state index in [9.17, 15) is 4.57 Å². The lowest BCUT2D eigenvalue weighted by atomic mass is 10.9. The Kier molecular flexibility index (Phi) is 3.72. The van der Waals surface area contributed by atoms with Gasteiger partial charge in [-0.05, 0) is 26.7 Å². The van der Waals surface area contributed by atoms with Gasteiger partial charge in [-0.2, -0.15) is 0 Å². The maximum absolute atomic E-state index is 11.6. The van der Waals surface area contributed by atoms with E-state index in [1.165, 1.54) is 0 Å². The normalized spacial score (nSPS) is 18.2. The first kappa shape index (κ1) is 10.2. The monoisotopic (exact) mass is 194 g/mol. The molecule has 1 fully saturated rings. The van der Waals surface area contributed by atoms with Crippen molar-refractivity contribution in [3.8, 4) is 0 Å². The van der Waals surface area contributed by atoms with E-state index in [1.807, 2.05) is 0 Å². The quantitative estimate of drug-likeness (QED) is 0.609. The molecule has 72 valence electrons. The highest BCUT2D eigenvalue weighted by atomic mass is 31.2. The van der Waals surface area contributed by atoms with E-state index < -0.39 is 7.82 Å². The Morgan fingerprint density at radius 1 is 1.25 bits per heavy atom. The van der Waals surface area contributed by atoms with Gasteiger partial charge in [-0.3, -0.25) is 13.6 Å². The summed E-state index contributed by atoms with van der Waals surface area (Å²) in [5, 5.41) is 0. The van der Waals surface area contributed by atoms with Crippen LogP contribution in [0.5, 0.6) is 0 Å². The molecule has 0 heterocycles. The Labute approximate surface area is 72.8 Å². The average molecular weight is 194 g/mol. The van der Waals surface area contributed by atoms with Gasteiger partial charge in [0, 0.05) is 0 Å². The molecule has 1 rings (SSSR count). The van der Waals surface area contributed by atoms with Gasteiger partial charge in [-0.25, -0.2) is 4.57 Å². The summed E-state index contributed by atoms with van der Waals surface area (Å²) in [6, 6.07) is 0. The van der Waals surface area contributed by atoms with Crippen LogP contribution in [0.25, 0.3) is 0 Å². The Hall–Kier alpha value is 0.110. The lowest BCUT2D eigenvalue weighted by Gasteiger charge is -2.15. The number of rotatable bonds is 6. The number of phosphoric acid groups is 1. The highest BCUT2D eigenvalue weighted by molar-refractivity contribution is 7.48. The summed E-state index contributed by atoms with van der Waals surface area (Å²) in [5.41, 5.74) is 0. The molecule has 0 unspecified atom stereocenters. The summed E-state index contributed by atoms with van der Waals surface area (Å²) < 4.78 is 26.6. The zero-order valence-corrected chi connectivity index (χ0v) is 8.38. The highest BCUT2D eigenvalue weighted by Crippen LogP contribution is 2.53. The van der Waals surface area contributed by atoms with Gasteiger partial charge >= 0.3 is 7.82 Å². The van der Waals surface area contributed by atoms with Crippen molar-refractivity contribution in [3.05, 3.63) is 0 Å². The minimum Gasteiger partial charge on any atom is -0.287 e. The van der Waals surface area contributed by atoms with Gasteiger partial charge in [0.1, 0.15) is 0 Å². The molecule has 1 aliphatic carbocycles. The summed E-state index contributed by atoms with van der Waals surface area (Å²) in [6.45, 7) is 4.23. The molecule has 1 saturated carbocycles. The van der Waals surface area contributed by atoms with E-state index in [1.54, 1.807) is 13.8 Å². The van der Waals surface area contributed by atoms with Gasteiger partial charge in [0.15, 0.2) is 0 Å². The fourth-order valence-corrected chi connectivity index (χ4v) is 2.18. The number of hydrogen-bond acceptors (Lipinski definition) is 4. The second-order valence-electron chi connectivity index (χ2n) is 2.59. The van der Waals surface area contributed by atoms with Crippen molar-refractivity contribution in [2.75, 3.05) is 13.2 Å². The van der Waals surface area contributed by atoms with Crippen LogP contribution in [0.15, 0.2) is 0 Å². The maximum Gasteiger partial charge on any atom is 0.475 e. The topological polar surface area (TPSA) is 44.8 Å². The van der Waals surface area contributed by atoms with Crippen molar-refractivity contribution in [1.82, 2.24) is 0 Å². The summed E-state index contributed by atoms with van der Waals surface area (Å²) in [4.78, 5) is 0. The molecule has 4 nitrogen and oxygen atoms in total. The first-order valence-electron chi connectivity index (χ1n) is 4.27. The van der Waals surface area contributed by atoms with E-state index in [2.05, 4.69) is 0 Å². The van der Waals surface area contributed by atoms with Crippen LogP contribution in [0.3, 0.4) is 0 Å². The Morgan fingerprint density at radius 2 is 1.75 bits per heavy atom. The molecule has 0 aromatic carbocycles. The molecule has 0 radical (unpaired) electrons. The predicted octanol–water partition coefficient (Wildman–Crippen LogP) is 2.35. The van der Waals surface area contributed by atoms with Crippen LogP contribution in [0.4, 0.5) is 0 Å². The Bertz CT molecular complexity index is 168. The van der Waals surface area contributed by atoms with Crippen LogP contribution in [0.2, 0.25) is 0 Å². The van der Waals surface area contributed by atoms with E-state index in [4.69, 9.17) is 13.6 Å². The van der Waals surface area contributed by atoms with Gasteiger partial charge in [0.25, 0.3) is 0 Å². The van der Waals surface area contributed by atoms with Crippen LogP contribution in [0, 0.1) is 0 Å². The smallest absolute Gasteiger partial charge is 0.287 e. The largest absolute Gasteiger partial charge is 0.475 e. The standard InChI is InChI=1S/C7H15O4P/c1-3-9-12(8,10-4-2)11-7-5-6-7/h7H,3-6H2,1-2H3. The maximum atomic E-state index is 11.6. The molecule has 0 aromatic rings. The molecular weight excluding hydrogens is 179 g/mol. The number of phosphoric ester groups is 1. The van der Waals surface area contributed by atoms with Crippen molar-refractivity contribution in [2.45, 2.75) is 32.8 Å². The minimum absolute atomic E-state index is 0.0916. The van der Waals surface area contributed by atoms with Crippen LogP contribution in [-0.2, 0) is 18.1 Å². The second-order valence-corrected chi connectivity index (χ2v) is 4.21. The molecular formula is C7H15O4P. The molecule has 0 aromatic heterocycles. The molecule has 12 heavy (non-hydrogen) atoms. The molecule has 0 amide bonds. The molecule has 0 atom stereocenters. The van der Waals surface area contributed by atoms with Gasteiger partial charge in [-0.1, -0.05) is 0 Å². The zero-order chi connectivity index (χ0) is 9.03. The van der Waals surface area contributed by atoms with E-state index >= 15 is 0 Å². The molecule has 0 spiro atoms. The van der Waals surface area contributed by atoms with Gasteiger partial charge in [0.05, 0.1) is 19.3 Å². The van der Waals surface area contributed by atoms with Crippen LogP contribution in [-0.4, -0.2) is 19.3 Å². The molecule has 0 saturated heterocycles. The minimum atomic E-state index is -3.21. The fourth-order valence-electron chi connectivity index (χ4n) is 0.770. The average Bonchev–Trinajstić information content (AvgIpc) is 2.72. The fraction of sp³-hybridized carbons (Fsp3) is 1.00. The SMILES string of the molecule is CCOP(=O)(OCC)OC1CC1. The van der Waals surface area contributed by atoms with Crippen molar-refractivity contribution < 1.29 is 18.1 Å². The van der Waals surface area contributed by atoms with E-state index in [0.29, 0.717) is 13.2 Å². The summed E-state index contributed by atoms with van der Waals surface area (Å²) in [7, 11) is -3.21. The van der Waals surface area contributed by atoms with Crippen LogP contribution in [0.1, 0.15) is 26.7 Å². The summed E-state index contributed by atoms with van der Waals surface area (Å²) >= 11 is 0. The lowest BCUT2D eigenvalue weighted by Crippen LogP contribution is -2.01. The first-order chi connectivity index (χ1) is 5.70. The second kappa shape index (κ2) is 4.38. The van der Waals surface area contributed by atoms with Crippen LogP contribution < -0.4 is 0 Å². The van der Waals surface area contributed by atoms with Gasteiger partial charge < -0.3 is 0 Å². The first-order valence-corrected chi connectivity index (χ1v) is 5.73. The third kappa shape index (κ3) is 3.23. The molecule has 5 heteroatoms. The third-order valence-corrected chi connectivity index (χ3v) is 3.08. The predicted molar refractivity (Wildman–Crippen MR) is 45.0 cm³/mol. The zero-order valence-electron chi connectivity index (χ0n) is 7.49.